The van der Waals surface area contributed by atoms with E-state index in [1.807, 2.05) is 20.8 Å². The van der Waals surface area contributed by atoms with E-state index in [0.717, 1.165) is 10.0 Å². The molecule has 1 rings (SSSR count). The maximum atomic E-state index is 11.4. The van der Waals surface area contributed by atoms with Crippen LogP contribution in [-0.4, -0.2) is 13.1 Å². The van der Waals surface area contributed by atoms with Crippen LogP contribution in [0.3, 0.4) is 0 Å². The third-order valence-electron chi connectivity index (χ3n) is 2.22. The molecular weight excluding hydrogens is 264 g/mol. The molecule has 1 atom stereocenters. The Morgan fingerprint density at radius 2 is 2.00 bits per heavy atom. The monoisotopic (exact) mass is 276 g/mol. The van der Waals surface area contributed by atoms with Gasteiger partial charge in [-0.3, -0.25) is 4.79 Å². The quantitative estimate of drug-likeness (QED) is 0.774. The summed E-state index contributed by atoms with van der Waals surface area (Å²) in [5.74, 6) is -0.383. The van der Waals surface area contributed by atoms with Crippen molar-refractivity contribution in [2.75, 3.05) is 7.11 Å². The minimum Gasteiger partial charge on any atom is -0.469 e. The fourth-order valence-electron chi connectivity index (χ4n) is 1.46. The fourth-order valence-corrected chi connectivity index (χ4v) is 3.53. The van der Waals surface area contributed by atoms with Gasteiger partial charge in [0.2, 0.25) is 0 Å². The molecular formula is C10H13BrO2S. The van der Waals surface area contributed by atoms with Crippen LogP contribution in [-0.2, 0) is 9.53 Å². The molecule has 0 saturated carbocycles. The van der Waals surface area contributed by atoms with Crippen LogP contribution in [0.4, 0.5) is 0 Å². The minimum absolute atomic E-state index is 0.188. The van der Waals surface area contributed by atoms with Crippen LogP contribution in [0.2, 0.25) is 0 Å². The van der Waals surface area contributed by atoms with Gasteiger partial charge in [-0.1, -0.05) is 0 Å². The van der Waals surface area contributed by atoms with Crippen LogP contribution in [0, 0.1) is 13.8 Å². The van der Waals surface area contributed by atoms with Crippen LogP contribution in [0.25, 0.3) is 0 Å². The van der Waals surface area contributed by atoms with E-state index in [0.29, 0.717) is 0 Å². The van der Waals surface area contributed by atoms with Gasteiger partial charge in [-0.05, 0) is 42.3 Å². The van der Waals surface area contributed by atoms with E-state index in [9.17, 15) is 4.79 Å². The second kappa shape index (κ2) is 4.45. The average Bonchev–Trinajstić information content (AvgIpc) is 2.39. The number of methoxy groups -OCH3 is 1. The van der Waals surface area contributed by atoms with Crippen LogP contribution >= 0.6 is 27.3 Å². The average molecular weight is 277 g/mol. The van der Waals surface area contributed by atoms with Gasteiger partial charge in [0.1, 0.15) is 0 Å². The van der Waals surface area contributed by atoms with Crippen molar-refractivity contribution in [2.45, 2.75) is 26.7 Å². The zero-order chi connectivity index (χ0) is 10.9. The Labute approximate surface area is 96.4 Å². The van der Waals surface area contributed by atoms with Gasteiger partial charge in [-0.25, -0.2) is 0 Å². The molecule has 1 heterocycles. The number of rotatable bonds is 2. The summed E-state index contributed by atoms with van der Waals surface area (Å²) in [6, 6.07) is 0. The number of carbonyl (C=O) groups excluding carboxylic acids is 1. The van der Waals surface area contributed by atoms with Crippen LogP contribution < -0.4 is 0 Å². The molecule has 0 spiro atoms. The van der Waals surface area contributed by atoms with Crippen molar-refractivity contribution < 1.29 is 9.53 Å². The number of hydrogen-bond acceptors (Lipinski definition) is 3. The zero-order valence-corrected chi connectivity index (χ0v) is 11.1. The lowest BCUT2D eigenvalue weighted by Crippen LogP contribution is -2.11. The predicted octanol–water partition coefficient (Wildman–Crippen LogP) is 3.40. The number of esters is 1. The smallest absolute Gasteiger partial charge is 0.312 e. The first kappa shape index (κ1) is 11.7. The maximum absolute atomic E-state index is 11.4. The molecule has 1 unspecified atom stereocenters. The van der Waals surface area contributed by atoms with Crippen molar-refractivity contribution >= 4 is 33.2 Å². The van der Waals surface area contributed by atoms with E-state index in [1.54, 1.807) is 11.3 Å². The topological polar surface area (TPSA) is 26.3 Å². The third-order valence-corrected chi connectivity index (χ3v) is 4.54. The van der Waals surface area contributed by atoms with E-state index in [1.165, 1.54) is 16.9 Å². The highest BCUT2D eigenvalue weighted by atomic mass is 79.9. The van der Waals surface area contributed by atoms with E-state index in [2.05, 4.69) is 15.9 Å². The number of halogens is 1. The Bertz CT molecular complexity index is 357. The summed E-state index contributed by atoms with van der Waals surface area (Å²) >= 11 is 5.20. The Morgan fingerprint density at radius 1 is 1.43 bits per heavy atom. The van der Waals surface area contributed by atoms with Crippen LogP contribution in [0.5, 0.6) is 0 Å². The molecule has 0 aliphatic carbocycles. The molecule has 1 aromatic heterocycles. The standard InChI is InChI=1S/C10H13BrO2S/c1-5(10(12)13-4)8-6(2)14-7(3)9(8)11/h5H,1-4H3. The van der Waals surface area contributed by atoms with Crippen LogP contribution in [0.15, 0.2) is 4.47 Å². The van der Waals surface area contributed by atoms with Gasteiger partial charge in [0.25, 0.3) is 0 Å². The first-order chi connectivity index (χ1) is 6.49. The van der Waals surface area contributed by atoms with E-state index < -0.39 is 0 Å². The van der Waals surface area contributed by atoms with Crippen molar-refractivity contribution in [1.29, 1.82) is 0 Å². The van der Waals surface area contributed by atoms with Crippen molar-refractivity contribution in [3.05, 3.63) is 19.8 Å². The van der Waals surface area contributed by atoms with Gasteiger partial charge in [-0.15, -0.1) is 11.3 Å². The van der Waals surface area contributed by atoms with Gasteiger partial charge in [0.05, 0.1) is 13.0 Å². The Hall–Kier alpha value is -0.350. The lowest BCUT2D eigenvalue weighted by atomic mass is 10.0. The highest BCUT2D eigenvalue weighted by Crippen LogP contribution is 2.37. The number of aryl methyl sites for hydroxylation is 2. The largest absolute Gasteiger partial charge is 0.469 e. The molecule has 0 bridgehead atoms. The van der Waals surface area contributed by atoms with Gasteiger partial charge >= 0.3 is 5.97 Å². The summed E-state index contributed by atoms with van der Waals surface area (Å²) in [7, 11) is 1.42. The molecule has 0 amide bonds. The van der Waals surface area contributed by atoms with Crippen molar-refractivity contribution in [3.63, 3.8) is 0 Å². The molecule has 0 aliphatic rings. The Kier molecular flexibility index (Phi) is 3.72. The Balaban J connectivity index is 3.12. The molecule has 14 heavy (non-hydrogen) atoms. The SMILES string of the molecule is COC(=O)C(C)c1c(C)sc(C)c1Br. The van der Waals surface area contributed by atoms with E-state index in [-0.39, 0.29) is 11.9 Å². The predicted molar refractivity (Wildman–Crippen MR) is 61.9 cm³/mol. The molecule has 1 aromatic rings. The lowest BCUT2D eigenvalue weighted by molar-refractivity contribution is -0.142. The highest BCUT2D eigenvalue weighted by Gasteiger charge is 2.23. The number of thiophene rings is 1. The summed E-state index contributed by atoms with van der Waals surface area (Å²) < 4.78 is 5.77. The van der Waals surface area contributed by atoms with Gasteiger partial charge in [-0.2, -0.15) is 0 Å². The summed E-state index contributed by atoms with van der Waals surface area (Å²) in [6.07, 6.45) is 0. The summed E-state index contributed by atoms with van der Waals surface area (Å²) in [4.78, 5) is 13.8. The molecule has 4 heteroatoms. The van der Waals surface area contributed by atoms with Crippen molar-refractivity contribution in [3.8, 4) is 0 Å². The lowest BCUT2D eigenvalue weighted by Gasteiger charge is -2.09. The first-order valence-corrected chi connectivity index (χ1v) is 5.93. The van der Waals surface area contributed by atoms with Gasteiger partial charge in [0, 0.05) is 14.2 Å². The molecule has 2 nitrogen and oxygen atoms in total. The number of carbonyl (C=O) groups is 1. The molecule has 0 saturated heterocycles. The molecule has 0 N–H and O–H groups in total. The normalized spacial score (nSPS) is 12.6. The van der Waals surface area contributed by atoms with Crippen molar-refractivity contribution in [2.24, 2.45) is 0 Å². The third kappa shape index (κ3) is 2.01. The molecule has 78 valence electrons. The second-order valence-corrected chi connectivity index (χ2v) is 5.41. The Morgan fingerprint density at radius 3 is 2.36 bits per heavy atom. The van der Waals surface area contributed by atoms with E-state index in [4.69, 9.17) is 4.74 Å². The van der Waals surface area contributed by atoms with Gasteiger partial charge < -0.3 is 4.74 Å². The van der Waals surface area contributed by atoms with E-state index >= 15 is 0 Å². The molecule has 0 aromatic carbocycles. The fraction of sp³-hybridized carbons (Fsp3) is 0.500. The first-order valence-electron chi connectivity index (χ1n) is 4.32. The molecule has 0 radical (unpaired) electrons. The maximum Gasteiger partial charge on any atom is 0.312 e. The van der Waals surface area contributed by atoms with Crippen molar-refractivity contribution in [1.82, 2.24) is 0 Å². The summed E-state index contributed by atoms with van der Waals surface area (Å²) in [5, 5.41) is 0. The highest BCUT2D eigenvalue weighted by molar-refractivity contribution is 9.10. The van der Waals surface area contributed by atoms with Crippen LogP contribution in [0.1, 0.15) is 28.2 Å². The zero-order valence-electron chi connectivity index (χ0n) is 8.68. The number of ether oxygens (including phenoxy) is 1. The second-order valence-electron chi connectivity index (χ2n) is 3.19. The number of hydrogen-bond donors (Lipinski definition) is 0. The summed E-state index contributed by atoms with van der Waals surface area (Å²) in [6.45, 7) is 5.93. The molecule has 0 aliphatic heterocycles. The molecule has 0 fully saturated rings. The summed E-state index contributed by atoms with van der Waals surface area (Å²) in [5.41, 5.74) is 1.05. The minimum atomic E-state index is -0.195. The van der Waals surface area contributed by atoms with Gasteiger partial charge in [0.15, 0.2) is 0 Å².